The number of ether oxygens (including phenoxy) is 1. The lowest BCUT2D eigenvalue weighted by Crippen LogP contribution is -2.22. The summed E-state index contributed by atoms with van der Waals surface area (Å²) in [7, 11) is 0. The molecule has 132 valence electrons. The lowest BCUT2D eigenvalue weighted by atomic mass is 9.86. The molecule has 0 saturated carbocycles. The first kappa shape index (κ1) is 18.5. The standard InChI is InChI=1S/C20H24N2O3/c1-5-25-18(23)14-10-12-15(13-11-14)21-19(24)22-17-9-7-6-8-16(17)20(2,3)4/h6-13H,5H2,1-4H3,(H2,21,22,24). The second-order valence-corrected chi connectivity index (χ2v) is 6.67. The number of hydrogen-bond donors (Lipinski definition) is 2. The van der Waals surface area contributed by atoms with E-state index in [1.165, 1.54) is 0 Å². The summed E-state index contributed by atoms with van der Waals surface area (Å²) in [6.07, 6.45) is 0. The number of amides is 2. The van der Waals surface area contributed by atoms with E-state index in [4.69, 9.17) is 4.74 Å². The third kappa shape index (κ3) is 5.08. The van der Waals surface area contributed by atoms with Crippen molar-refractivity contribution in [1.29, 1.82) is 0 Å². The maximum Gasteiger partial charge on any atom is 0.338 e. The third-order valence-electron chi connectivity index (χ3n) is 3.64. The second-order valence-electron chi connectivity index (χ2n) is 6.67. The first-order valence-corrected chi connectivity index (χ1v) is 8.26. The van der Waals surface area contributed by atoms with Gasteiger partial charge in [-0.1, -0.05) is 39.0 Å². The Bertz CT molecular complexity index is 746. The van der Waals surface area contributed by atoms with E-state index in [1.807, 2.05) is 24.3 Å². The van der Waals surface area contributed by atoms with E-state index < -0.39 is 0 Å². The molecule has 5 heteroatoms. The number of carbonyl (C=O) groups excluding carboxylic acids is 2. The van der Waals surface area contributed by atoms with Crippen molar-refractivity contribution in [3.05, 3.63) is 59.7 Å². The number of nitrogens with one attached hydrogen (secondary N) is 2. The number of hydrogen-bond acceptors (Lipinski definition) is 3. The van der Waals surface area contributed by atoms with Crippen molar-refractivity contribution in [3.63, 3.8) is 0 Å². The largest absolute Gasteiger partial charge is 0.462 e. The Morgan fingerprint density at radius 3 is 2.20 bits per heavy atom. The summed E-state index contributed by atoms with van der Waals surface area (Å²) in [6, 6.07) is 14.0. The van der Waals surface area contributed by atoms with Gasteiger partial charge in [0, 0.05) is 11.4 Å². The molecular weight excluding hydrogens is 316 g/mol. The smallest absolute Gasteiger partial charge is 0.338 e. The van der Waals surface area contributed by atoms with Gasteiger partial charge in [0.05, 0.1) is 12.2 Å². The van der Waals surface area contributed by atoms with Gasteiger partial charge in [-0.2, -0.15) is 0 Å². The molecule has 0 aliphatic rings. The SMILES string of the molecule is CCOC(=O)c1ccc(NC(=O)Nc2ccccc2C(C)(C)C)cc1. The van der Waals surface area contributed by atoms with E-state index >= 15 is 0 Å². The molecule has 0 unspecified atom stereocenters. The van der Waals surface area contributed by atoms with Crippen molar-refractivity contribution in [2.75, 3.05) is 17.2 Å². The first-order valence-electron chi connectivity index (χ1n) is 8.26. The average molecular weight is 340 g/mol. The van der Waals surface area contributed by atoms with E-state index in [0.29, 0.717) is 17.9 Å². The molecule has 0 saturated heterocycles. The van der Waals surface area contributed by atoms with Crippen LogP contribution in [0.2, 0.25) is 0 Å². The number of anilines is 2. The molecule has 2 aromatic rings. The number of urea groups is 1. The zero-order valence-electron chi connectivity index (χ0n) is 15.1. The van der Waals surface area contributed by atoms with Crippen LogP contribution in [0.3, 0.4) is 0 Å². The summed E-state index contributed by atoms with van der Waals surface area (Å²) in [6.45, 7) is 8.38. The Balaban J connectivity index is 2.05. The number of rotatable bonds is 4. The Labute approximate surface area is 148 Å². The van der Waals surface area contributed by atoms with Crippen molar-refractivity contribution in [2.45, 2.75) is 33.1 Å². The molecule has 2 amide bonds. The van der Waals surface area contributed by atoms with Gasteiger partial charge in [-0.3, -0.25) is 0 Å². The molecule has 0 atom stereocenters. The summed E-state index contributed by atoms with van der Waals surface area (Å²) in [4.78, 5) is 23.9. The summed E-state index contributed by atoms with van der Waals surface area (Å²) in [5.74, 6) is -0.377. The summed E-state index contributed by atoms with van der Waals surface area (Å²) in [5.41, 5.74) is 2.80. The molecule has 5 nitrogen and oxygen atoms in total. The third-order valence-corrected chi connectivity index (χ3v) is 3.64. The monoisotopic (exact) mass is 340 g/mol. The number of para-hydroxylation sites is 1. The van der Waals surface area contributed by atoms with Crippen LogP contribution in [0, 0.1) is 0 Å². The highest BCUT2D eigenvalue weighted by atomic mass is 16.5. The van der Waals surface area contributed by atoms with E-state index in [0.717, 1.165) is 11.3 Å². The molecule has 0 radical (unpaired) electrons. The van der Waals surface area contributed by atoms with Crippen molar-refractivity contribution < 1.29 is 14.3 Å². The van der Waals surface area contributed by atoms with Crippen LogP contribution in [0.5, 0.6) is 0 Å². The molecule has 2 N–H and O–H groups in total. The van der Waals surface area contributed by atoms with Gasteiger partial charge in [0.15, 0.2) is 0 Å². The highest BCUT2D eigenvalue weighted by Crippen LogP contribution is 2.29. The van der Waals surface area contributed by atoms with Crippen LogP contribution >= 0.6 is 0 Å². The molecule has 25 heavy (non-hydrogen) atoms. The maximum absolute atomic E-state index is 12.3. The van der Waals surface area contributed by atoms with Gasteiger partial charge >= 0.3 is 12.0 Å². The van der Waals surface area contributed by atoms with Crippen LogP contribution < -0.4 is 10.6 Å². The normalized spacial score (nSPS) is 10.9. The molecule has 0 spiro atoms. The lowest BCUT2D eigenvalue weighted by molar-refractivity contribution is 0.0526. The first-order chi connectivity index (χ1) is 11.8. The van der Waals surface area contributed by atoms with Crippen molar-refractivity contribution in [2.24, 2.45) is 0 Å². The van der Waals surface area contributed by atoms with E-state index in [9.17, 15) is 9.59 Å². The van der Waals surface area contributed by atoms with Crippen LogP contribution in [-0.4, -0.2) is 18.6 Å². The molecule has 0 aromatic heterocycles. The summed E-state index contributed by atoms with van der Waals surface area (Å²) >= 11 is 0. The Morgan fingerprint density at radius 2 is 1.60 bits per heavy atom. The predicted octanol–water partition coefficient (Wildman–Crippen LogP) is 4.80. The quantitative estimate of drug-likeness (QED) is 0.785. The minimum atomic E-state index is -0.377. The van der Waals surface area contributed by atoms with Crippen molar-refractivity contribution in [1.82, 2.24) is 0 Å². The maximum atomic E-state index is 12.3. The molecule has 0 aliphatic heterocycles. The van der Waals surface area contributed by atoms with Gasteiger partial charge in [0.1, 0.15) is 0 Å². The molecular formula is C20H24N2O3. The van der Waals surface area contributed by atoms with Crippen LogP contribution in [0.15, 0.2) is 48.5 Å². The van der Waals surface area contributed by atoms with Crippen LogP contribution in [0.4, 0.5) is 16.2 Å². The van der Waals surface area contributed by atoms with Gasteiger partial charge in [-0.05, 0) is 48.2 Å². The Kier molecular flexibility index (Phi) is 5.80. The Hall–Kier alpha value is -2.82. The molecule has 2 rings (SSSR count). The topological polar surface area (TPSA) is 67.4 Å². The van der Waals surface area contributed by atoms with Gasteiger partial charge in [-0.15, -0.1) is 0 Å². The molecule has 2 aromatic carbocycles. The average Bonchev–Trinajstić information content (AvgIpc) is 2.55. The zero-order chi connectivity index (χ0) is 18.4. The summed E-state index contributed by atoms with van der Waals surface area (Å²) in [5, 5.41) is 5.65. The number of esters is 1. The second kappa shape index (κ2) is 7.83. The predicted molar refractivity (Wildman–Crippen MR) is 100 cm³/mol. The van der Waals surface area contributed by atoms with Crippen LogP contribution in [0.1, 0.15) is 43.6 Å². The minimum absolute atomic E-state index is 0.0782. The molecule has 0 heterocycles. The van der Waals surface area contributed by atoms with Gasteiger partial charge in [0.2, 0.25) is 0 Å². The fourth-order valence-corrected chi connectivity index (χ4v) is 2.43. The highest BCUT2D eigenvalue weighted by Gasteiger charge is 2.18. The fourth-order valence-electron chi connectivity index (χ4n) is 2.43. The molecule has 0 aliphatic carbocycles. The van der Waals surface area contributed by atoms with E-state index in [-0.39, 0.29) is 17.4 Å². The fraction of sp³-hybridized carbons (Fsp3) is 0.300. The van der Waals surface area contributed by atoms with E-state index in [2.05, 4.69) is 31.4 Å². The zero-order valence-corrected chi connectivity index (χ0v) is 15.1. The lowest BCUT2D eigenvalue weighted by Gasteiger charge is -2.23. The van der Waals surface area contributed by atoms with Gasteiger partial charge < -0.3 is 15.4 Å². The van der Waals surface area contributed by atoms with Gasteiger partial charge in [0.25, 0.3) is 0 Å². The number of carbonyl (C=O) groups is 2. The van der Waals surface area contributed by atoms with Crippen LogP contribution in [-0.2, 0) is 10.2 Å². The minimum Gasteiger partial charge on any atom is -0.462 e. The number of benzene rings is 2. The van der Waals surface area contributed by atoms with Crippen LogP contribution in [0.25, 0.3) is 0 Å². The molecule has 0 bridgehead atoms. The van der Waals surface area contributed by atoms with E-state index in [1.54, 1.807) is 31.2 Å². The Morgan fingerprint density at radius 1 is 0.960 bits per heavy atom. The molecule has 0 fully saturated rings. The summed E-state index contributed by atoms with van der Waals surface area (Å²) < 4.78 is 4.93. The van der Waals surface area contributed by atoms with Gasteiger partial charge in [-0.25, -0.2) is 9.59 Å². The van der Waals surface area contributed by atoms with Crippen molar-refractivity contribution >= 4 is 23.4 Å². The van der Waals surface area contributed by atoms with Crippen molar-refractivity contribution in [3.8, 4) is 0 Å². The highest BCUT2D eigenvalue weighted by molar-refractivity contribution is 6.00.